The number of fused-ring (bicyclic) bond motifs is 1. The zero-order valence-electron chi connectivity index (χ0n) is 13.1. The van der Waals surface area contributed by atoms with Crippen LogP contribution in [0.4, 0.5) is 0 Å². The molecule has 1 aromatic carbocycles. The fraction of sp³-hybridized carbons (Fsp3) is 0.389. The second-order valence-corrected chi connectivity index (χ2v) is 7.39. The average molecular weight is 328 g/mol. The summed E-state index contributed by atoms with van der Waals surface area (Å²) in [6.45, 7) is 1.98. The maximum atomic E-state index is 10.4. The SMILES string of the molecule is Cc1ccc(-c2nc3sc(C(O)C4CCC4)cn3c2CO)cc1. The predicted octanol–water partition coefficient (Wildman–Crippen LogP) is 3.70. The quantitative estimate of drug-likeness (QED) is 0.768. The third-order valence-corrected chi connectivity index (χ3v) is 5.86. The first kappa shape index (κ1) is 14.9. The molecule has 4 rings (SSSR count). The van der Waals surface area contributed by atoms with E-state index in [1.807, 2.05) is 22.7 Å². The fourth-order valence-electron chi connectivity index (χ4n) is 3.13. The molecule has 23 heavy (non-hydrogen) atoms. The zero-order chi connectivity index (χ0) is 16.0. The molecule has 1 fully saturated rings. The minimum atomic E-state index is -0.398. The molecule has 0 amide bonds. The Labute approximate surface area is 139 Å². The zero-order valence-corrected chi connectivity index (χ0v) is 13.9. The van der Waals surface area contributed by atoms with Gasteiger partial charge in [-0.25, -0.2) is 4.98 Å². The lowest BCUT2D eigenvalue weighted by Gasteiger charge is -2.29. The van der Waals surface area contributed by atoms with Gasteiger partial charge in [0.05, 0.1) is 29.0 Å². The molecule has 0 radical (unpaired) electrons. The number of hydrogen-bond acceptors (Lipinski definition) is 4. The Balaban J connectivity index is 1.75. The highest BCUT2D eigenvalue weighted by atomic mass is 32.1. The van der Waals surface area contributed by atoms with Gasteiger partial charge in [0.1, 0.15) is 0 Å². The summed E-state index contributed by atoms with van der Waals surface area (Å²) in [4.78, 5) is 6.48. The standard InChI is InChI=1S/C18H20N2O2S/c1-11-5-7-12(8-6-11)16-14(10-21)20-9-15(23-18(20)19-16)17(22)13-3-2-4-13/h5-9,13,17,21-22H,2-4,10H2,1H3. The molecule has 120 valence electrons. The minimum Gasteiger partial charge on any atom is -0.390 e. The number of aryl methyl sites for hydroxylation is 1. The van der Waals surface area contributed by atoms with E-state index in [0.717, 1.165) is 39.6 Å². The van der Waals surface area contributed by atoms with Crippen molar-refractivity contribution in [1.29, 1.82) is 0 Å². The van der Waals surface area contributed by atoms with Crippen LogP contribution in [0.1, 0.15) is 41.5 Å². The van der Waals surface area contributed by atoms with Gasteiger partial charge in [0.25, 0.3) is 0 Å². The van der Waals surface area contributed by atoms with Gasteiger partial charge >= 0.3 is 0 Å². The number of hydrogen-bond donors (Lipinski definition) is 2. The average Bonchev–Trinajstić information content (AvgIpc) is 3.03. The van der Waals surface area contributed by atoms with Crippen LogP contribution in [-0.2, 0) is 6.61 Å². The molecule has 1 unspecified atom stereocenters. The van der Waals surface area contributed by atoms with Gasteiger partial charge in [0.15, 0.2) is 4.96 Å². The van der Waals surface area contributed by atoms with Crippen LogP contribution < -0.4 is 0 Å². The van der Waals surface area contributed by atoms with Crippen molar-refractivity contribution in [3.8, 4) is 11.3 Å². The van der Waals surface area contributed by atoms with Gasteiger partial charge in [-0.05, 0) is 25.7 Å². The van der Waals surface area contributed by atoms with Gasteiger partial charge < -0.3 is 10.2 Å². The maximum Gasteiger partial charge on any atom is 0.194 e. The van der Waals surface area contributed by atoms with Crippen molar-refractivity contribution < 1.29 is 10.2 Å². The molecule has 2 aromatic heterocycles. The van der Waals surface area contributed by atoms with Crippen LogP contribution in [0, 0.1) is 12.8 Å². The van der Waals surface area contributed by atoms with Gasteiger partial charge in [0, 0.05) is 11.8 Å². The summed E-state index contributed by atoms with van der Waals surface area (Å²) in [5.41, 5.74) is 3.82. The summed E-state index contributed by atoms with van der Waals surface area (Å²) >= 11 is 1.52. The molecule has 0 aliphatic heterocycles. The number of rotatable bonds is 4. The van der Waals surface area contributed by atoms with Crippen LogP contribution in [0.5, 0.6) is 0 Å². The van der Waals surface area contributed by atoms with Gasteiger partial charge in [0.2, 0.25) is 0 Å². The first-order valence-electron chi connectivity index (χ1n) is 8.04. The van der Waals surface area contributed by atoms with E-state index in [-0.39, 0.29) is 6.61 Å². The molecule has 1 atom stereocenters. The largest absolute Gasteiger partial charge is 0.390 e. The molecule has 2 N–H and O–H groups in total. The van der Waals surface area contributed by atoms with E-state index in [2.05, 4.69) is 19.1 Å². The Morgan fingerprint density at radius 1 is 1.30 bits per heavy atom. The van der Waals surface area contributed by atoms with Gasteiger partial charge in [-0.2, -0.15) is 0 Å². The van der Waals surface area contributed by atoms with Crippen molar-refractivity contribution in [1.82, 2.24) is 9.38 Å². The van der Waals surface area contributed by atoms with E-state index in [4.69, 9.17) is 4.98 Å². The van der Waals surface area contributed by atoms with Crippen LogP contribution in [-0.4, -0.2) is 19.6 Å². The molecule has 0 saturated heterocycles. The topological polar surface area (TPSA) is 57.8 Å². The van der Waals surface area contributed by atoms with Crippen LogP contribution in [0.3, 0.4) is 0 Å². The second-order valence-electron chi connectivity index (χ2n) is 6.35. The van der Waals surface area contributed by atoms with E-state index < -0.39 is 6.10 Å². The van der Waals surface area contributed by atoms with Crippen molar-refractivity contribution in [3.63, 3.8) is 0 Å². The number of nitrogens with zero attached hydrogens (tertiary/aromatic N) is 2. The van der Waals surface area contributed by atoms with Crippen LogP contribution in [0.25, 0.3) is 16.2 Å². The normalized spacial score (nSPS) is 16.7. The summed E-state index contributed by atoms with van der Waals surface area (Å²) in [6, 6.07) is 8.17. The molecule has 1 aliphatic carbocycles. The van der Waals surface area contributed by atoms with Crippen LogP contribution in [0.2, 0.25) is 0 Å². The Bertz CT molecular complexity index is 831. The Morgan fingerprint density at radius 3 is 2.65 bits per heavy atom. The smallest absolute Gasteiger partial charge is 0.194 e. The van der Waals surface area contributed by atoms with Crippen molar-refractivity contribution in [2.75, 3.05) is 0 Å². The maximum absolute atomic E-state index is 10.4. The Kier molecular flexibility index (Phi) is 3.71. The molecule has 1 saturated carbocycles. The summed E-state index contributed by atoms with van der Waals surface area (Å²) in [6.07, 6.45) is 4.96. The molecule has 0 bridgehead atoms. The summed E-state index contributed by atoms with van der Waals surface area (Å²) < 4.78 is 1.93. The highest BCUT2D eigenvalue weighted by Gasteiger charge is 2.29. The van der Waals surface area contributed by atoms with Crippen LogP contribution >= 0.6 is 11.3 Å². The monoisotopic (exact) mass is 328 g/mol. The van der Waals surface area contributed by atoms with Crippen molar-refractivity contribution in [2.24, 2.45) is 5.92 Å². The summed E-state index contributed by atoms with van der Waals surface area (Å²) in [5, 5.41) is 20.3. The van der Waals surface area contributed by atoms with E-state index in [9.17, 15) is 10.2 Å². The molecular weight excluding hydrogens is 308 g/mol. The molecule has 2 heterocycles. The third-order valence-electron chi connectivity index (χ3n) is 4.81. The molecule has 3 aromatic rings. The highest BCUT2D eigenvalue weighted by molar-refractivity contribution is 7.17. The van der Waals surface area contributed by atoms with Gasteiger partial charge in [-0.15, -0.1) is 0 Å². The van der Waals surface area contributed by atoms with E-state index >= 15 is 0 Å². The number of aromatic nitrogens is 2. The van der Waals surface area contributed by atoms with Gasteiger partial charge in [-0.3, -0.25) is 4.40 Å². The lowest BCUT2D eigenvalue weighted by atomic mass is 9.81. The summed E-state index contributed by atoms with van der Waals surface area (Å²) in [5.74, 6) is 0.382. The molecule has 5 heteroatoms. The number of aliphatic hydroxyl groups excluding tert-OH is 2. The van der Waals surface area contributed by atoms with E-state index in [1.54, 1.807) is 0 Å². The van der Waals surface area contributed by atoms with Crippen LogP contribution in [0.15, 0.2) is 30.5 Å². The molecule has 1 aliphatic rings. The number of benzene rings is 1. The van der Waals surface area contributed by atoms with Gasteiger partial charge in [-0.1, -0.05) is 47.6 Å². The Hall–Kier alpha value is -1.69. The Morgan fingerprint density at radius 2 is 2.04 bits per heavy atom. The van der Waals surface area contributed by atoms with E-state index in [1.165, 1.54) is 23.3 Å². The lowest BCUT2D eigenvalue weighted by Crippen LogP contribution is -2.19. The first-order valence-corrected chi connectivity index (χ1v) is 8.85. The highest BCUT2D eigenvalue weighted by Crippen LogP contribution is 2.40. The lowest BCUT2D eigenvalue weighted by molar-refractivity contribution is 0.0647. The molecular formula is C18H20N2O2S. The first-order chi connectivity index (χ1) is 11.2. The number of aliphatic hydroxyl groups is 2. The second kappa shape index (κ2) is 5.74. The molecule has 0 spiro atoms. The van der Waals surface area contributed by atoms with E-state index in [0.29, 0.717) is 5.92 Å². The fourth-order valence-corrected chi connectivity index (χ4v) is 4.21. The van der Waals surface area contributed by atoms with Crippen molar-refractivity contribution in [2.45, 2.75) is 38.9 Å². The predicted molar refractivity (Wildman–Crippen MR) is 91.5 cm³/mol. The minimum absolute atomic E-state index is 0.0694. The number of imidazole rings is 1. The van der Waals surface area contributed by atoms with Crippen molar-refractivity contribution >= 4 is 16.3 Å². The summed E-state index contributed by atoms with van der Waals surface area (Å²) in [7, 11) is 0. The number of thiazole rings is 1. The van der Waals surface area contributed by atoms with Crippen molar-refractivity contribution in [3.05, 3.63) is 46.6 Å². The molecule has 4 nitrogen and oxygen atoms in total. The third kappa shape index (κ3) is 2.49.